The fourth-order valence-corrected chi connectivity index (χ4v) is 5.52. The molecule has 27 heavy (non-hydrogen) atoms. The summed E-state index contributed by atoms with van der Waals surface area (Å²) in [7, 11) is 0. The lowest BCUT2D eigenvalue weighted by Gasteiger charge is -2.41. The van der Waals surface area contributed by atoms with Gasteiger partial charge in [-0.2, -0.15) is 0 Å². The second-order valence-corrected chi connectivity index (χ2v) is 9.06. The number of rotatable bonds is 7. The maximum atomic E-state index is 4.68. The van der Waals surface area contributed by atoms with Crippen LogP contribution in [-0.2, 0) is 0 Å². The van der Waals surface area contributed by atoms with Crippen LogP contribution in [0.15, 0.2) is 35.5 Å². The monoisotopic (exact) mass is 384 g/mol. The molecule has 1 heterocycles. The SMILES string of the molecule is c1ccc(-c2nc(SCCN(C3CCCCC3)C3CCCCC3)n[nH]2)cc1. The van der Waals surface area contributed by atoms with Crippen molar-refractivity contribution in [1.29, 1.82) is 0 Å². The average Bonchev–Trinajstić information content (AvgIpc) is 3.22. The van der Waals surface area contributed by atoms with Gasteiger partial charge in [0.1, 0.15) is 0 Å². The maximum Gasteiger partial charge on any atom is 0.208 e. The minimum absolute atomic E-state index is 0.814. The lowest BCUT2D eigenvalue weighted by Crippen LogP contribution is -2.46. The Bertz CT molecular complexity index is 657. The van der Waals surface area contributed by atoms with Crippen LogP contribution < -0.4 is 0 Å². The van der Waals surface area contributed by atoms with Gasteiger partial charge in [-0.3, -0.25) is 10.00 Å². The first-order valence-electron chi connectivity index (χ1n) is 10.8. The molecule has 1 aromatic carbocycles. The Morgan fingerprint density at radius 2 is 1.52 bits per heavy atom. The van der Waals surface area contributed by atoms with Gasteiger partial charge in [-0.1, -0.05) is 80.6 Å². The molecular formula is C22H32N4S. The summed E-state index contributed by atoms with van der Waals surface area (Å²) < 4.78 is 0. The predicted molar refractivity (Wildman–Crippen MR) is 113 cm³/mol. The molecule has 0 radical (unpaired) electrons. The van der Waals surface area contributed by atoms with Crippen molar-refractivity contribution in [3.63, 3.8) is 0 Å². The van der Waals surface area contributed by atoms with Gasteiger partial charge in [-0.05, 0) is 25.7 Å². The number of H-pyrrole nitrogens is 1. The Labute approximate surface area is 167 Å². The van der Waals surface area contributed by atoms with E-state index in [1.807, 2.05) is 18.2 Å². The highest BCUT2D eigenvalue weighted by molar-refractivity contribution is 7.99. The number of nitrogens with one attached hydrogen (secondary N) is 1. The first-order chi connectivity index (χ1) is 13.4. The van der Waals surface area contributed by atoms with Crippen LogP contribution in [0.25, 0.3) is 11.4 Å². The molecule has 0 atom stereocenters. The van der Waals surface area contributed by atoms with Crippen LogP contribution in [0.1, 0.15) is 64.2 Å². The van der Waals surface area contributed by atoms with E-state index in [0.29, 0.717) is 0 Å². The van der Waals surface area contributed by atoms with E-state index in [2.05, 4.69) is 32.2 Å². The minimum Gasteiger partial charge on any atom is -0.297 e. The highest BCUT2D eigenvalue weighted by atomic mass is 32.2. The van der Waals surface area contributed by atoms with E-state index in [0.717, 1.165) is 34.4 Å². The molecule has 4 rings (SSSR count). The molecule has 0 unspecified atom stereocenters. The summed E-state index contributed by atoms with van der Waals surface area (Å²) >= 11 is 1.80. The smallest absolute Gasteiger partial charge is 0.208 e. The third-order valence-electron chi connectivity index (χ3n) is 6.18. The number of aromatic amines is 1. The standard InChI is InChI=1S/C22H32N4S/c1-4-10-18(11-5-1)21-23-22(25-24-21)27-17-16-26(19-12-6-2-7-13-19)20-14-8-3-9-15-20/h1,4-5,10-11,19-20H,2-3,6-9,12-17H2,(H,23,24,25). The molecule has 146 valence electrons. The van der Waals surface area contributed by atoms with Crippen molar-refractivity contribution in [3.8, 4) is 11.4 Å². The minimum atomic E-state index is 0.814. The summed E-state index contributed by atoms with van der Waals surface area (Å²) in [5.41, 5.74) is 1.10. The van der Waals surface area contributed by atoms with Crippen molar-refractivity contribution < 1.29 is 0 Å². The first-order valence-corrected chi connectivity index (χ1v) is 11.7. The summed E-state index contributed by atoms with van der Waals surface area (Å²) in [5.74, 6) is 1.95. The number of aromatic nitrogens is 3. The second kappa shape index (κ2) is 9.74. The van der Waals surface area contributed by atoms with Gasteiger partial charge in [-0.25, -0.2) is 4.98 Å². The zero-order valence-electron chi connectivity index (χ0n) is 16.3. The third-order valence-corrected chi connectivity index (χ3v) is 7.01. The average molecular weight is 385 g/mol. The fraction of sp³-hybridized carbons (Fsp3) is 0.636. The Morgan fingerprint density at radius 1 is 0.889 bits per heavy atom. The van der Waals surface area contributed by atoms with Gasteiger partial charge in [0.15, 0.2) is 5.82 Å². The van der Waals surface area contributed by atoms with Crippen LogP contribution in [0.4, 0.5) is 0 Å². The van der Waals surface area contributed by atoms with Crippen molar-refractivity contribution in [2.24, 2.45) is 0 Å². The van der Waals surface area contributed by atoms with Gasteiger partial charge in [0.05, 0.1) is 0 Å². The molecule has 1 N–H and O–H groups in total. The normalized spacial score (nSPS) is 19.6. The largest absolute Gasteiger partial charge is 0.297 e. The summed E-state index contributed by atoms with van der Waals surface area (Å²) in [4.78, 5) is 7.55. The van der Waals surface area contributed by atoms with Crippen LogP contribution in [0.2, 0.25) is 0 Å². The zero-order valence-corrected chi connectivity index (χ0v) is 17.1. The molecule has 4 nitrogen and oxygen atoms in total. The molecule has 2 saturated carbocycles. The van der Waals surface area contributed by atoms with Crippen LogP contribution in [0.3, 0.4) is 0 Å². The van der Waals surface area contributed by atoms with Gasteiger partial charge in [0.25, 0.3) is 0 Å². The van der Waals surface area contributed by atoms with Gasteiger partial charge in [-0.15, -0.1) is 5.10 Å². The number of hydrogen-bond acceptors (Lipinski definition) is 4. The molecule has 0 saturated heterocycles. The number of nitrogens with zero attached hydrogens (tertiary/aromatic N) is 3. The molecular weight excluding hydrogens is 352 g/mol. The van der Waals surface area contributed by atoms with Crippen LogP contribution in [-0.4, -0.2) is 44.5 Å². The van der Waals surface area contributed by atoms with Crippen molar-refractivity contribution in [2.75, 3.05) is 12.3 Å². The molecule has 5 heteroatoms. The molecule has 2 fully saturated rings. The van der Waals surface area contributed by atoms with Gasteiger partial charge in [0.2, 0.25) is 5.16 Å². The molecule has 0 aliphatic heterocycles. The predicted octanol–water partition coefficient (Wildman–Crippen LogP) is 5.53. The van der Waals surface area contributed by atoms with Crippen LogP contribution >= 0.6 is 11.8 Å². The Kier molecular flexibility index (Phi) is 6.86. The lowest BCUT2D eigenvalue weighted by molar-refractivity contribution is 0.0881. The summed E-state index contributed by atoms with van der Waals surface area (Å²) in [5, 5.41) is 8.39. The van der Waals surface area contributed by atoms with Crippen LogP contribution in [0, 0.1) is 0 Å². The van der Waals surface area contributed by atoms with Crippen molar-refractivity contribution in [1.82, 2.24) is 20.1 Å². The Balaban J connectivity index is 1.34. The molecule has 1 aromatic heterocycles. The molecule has 2 aliphatic carbocycles. The summed E-state index contributed by atoms with van der Waals surface area (Å²) in [6, 6.07) is 11.9. The van der Waals surface area contributed by atoms with Gasteiger partial charge >= 0.3 is 0 Å². The van der Waals surface area contributed by atoms with E-state index in [4.69, 9.17) is 0 Å². The van der Waals surface area contributed by atoms with Crippen LogP contribution in [0.5, 0.6) is 0 Å². The lowest BCUT2D eigenvalue weighted by atomic mass is 9.89. The Morgan fingerprint density at radius 3 is 2.15 bits per heavy atom. The van der Waals surface area contributed by atoms with Crippen molar-refractivity contribution >= 4 is 11.8 Å². The van der Waals surface area contributed by atoms with E-state index in [9.17, 15) is 0 Å². The number of hydrogen-bond donors (Lipinski definition) is 1. The Hall–Kier alpha value is -1.33. The topological polar surface area (TPSA) is 44.8 Å². The fourth-order valence-electron chi connectivity index (χ4n) is 4.77. The molecule has 0 bridgehead atoms. The molecule has 0 amide bonds. The maximum absolute atomic E-state index is 4.68. The molecule has 0 spiro atoms. The van der Waals surface area contributed by atoms with Gasteiger partial charge < -0.3 is 0 Å². The van der Waals surface area contributed by atoms with Crippen molar-refractivity contribution in [3.05, 3.63) is 30.3 Å². The third kappa shape index (κ3) is 5.14. The van der Waals surface area contributed by atoms with E-state index >= 15 is 0 Å². The van der Waals surface area contributed by atoms with E-state index in [-0.39, 0.29) is 0 Å². The molecule has 2 aliphatic rings. The number of benzene rings is 1. The molecule has 2 aromatic rings. The van der Waals surface area contributed by atoms with Gasteiger partial charge in [0, 0.05) is 29.9 Å². The van der Waals surface area contributed by atoms with Crippen molar-refractivity contribution in [2.45, 2.75) is 81.4 Å². The highest BCUT2D eigenvalue weighted by Crippen LogP contribution is 2.30. The van der Waals surface area contributed by atoms with E-state index < -0.39 is 0 Å². The summed E-state index contributed by atoms with van der Waals surface area (Å²) in [6.45, 7) is 1.18. The first kappa shape index (κ1) is 19.0. The van der Waals surface area contributed by atoms with E-state index in [1.165, 1.54) is 70.8 Å². The number of thioether (sulfide) groups is 1. The highest BCUT2D eigenvalue weighted by Gasteiger charge is 2.28. The zero-order chi connectivity index (χ0) is 18.3. The second-order valence-electron chi connectivity index (χ2n) is 8.00. The quantitative estimate of drug-likeness (QED) is 0.637. The summed E-state index contributed by atoms with van der Waals surface area (Å²) in [6.07, 6.45) is 14.2. The van der Waals surface area contributed by atoms with E-state index in [1.54, 1.807) is 11.8 Å².